The zero-order valence-corrected chi connectivity index (χ0v) is 16.1. The highest BCUT2D eigenvalue weighted by Crippen LogP contribution is 2.26. The lowest BCUT2D eigenvalue weighted by Gasteiger charge is -2.28. The molecule has 0 aliphatic carbocycles. The molecule has 0 radical (unpaired) electrons. The molecule has 1 atom stereocenters. The van der Waals surface area contributed by atoms with Crippen LogP contribution < -0.4 is 4.74 Å². The maximum atomic E-state index is 14.8. The van der Waals surface area contributed by atoms with E-state index >= 15 is 0 Å². The third-order valence-corrected chi connectivity index (χ3v) is 5.65. The number of likely N-dealkylation sites (tertiary alicyclic amines) is 2. The monoisotopic (exact) mass is 384 g/mol. The van der Waals surface area contributed by atoms with Crippen LogP contribution in [0, 0.1) is 5.82 Å². The molecular weight excluding hydrogens is 359 g/mol. The van der Waals surface area contributed by atoms with E-state index in [0.717, 1.165) is 32.5 Å². The van der Waals surface area contributed by atoms with Gasteiger partial charge < -0.3 is 14.5 Å². The lowest BCUT2D eigenvalue weighted by molar-refractivity contribution is 0.0704. The second kappa shape index (κ2) is 8.22. The number of amides is 1. The minimum absolute atomic E-state index is 0.131. The normalized spacial score (nSPS) is 19.9. The first kappa shape index (κ1) is 18.8. The molecule has 2 aliphatic heterocycles. The van der Waals surface area contributed by atoms with Gasteiger partial charge in [0.25, 0.3) is 5.91 Å². The molecule has 6 nitrogen and oxygen atoms in total. The first-order valence-electron chi connectivity index (χ1n) is 9.85. The van der Waals surface area contributed by atoms with Gasteiger partial charge in [-0.2, -0.15) is 0 Å². The summed E-state index contributed by atoms with van der Waals surface area (Å²) in [5, 5.41) is 0. The Morgan fingerprint density at radius 1 is 1.14 bits per heavy atom. The van der Waals surface area contributed by atoms with E-state index in [4.69, 9.17) is 4.74 Å². The average molecular weight is 384 g/mol. The summed E-state index contributed by atoms with van der Waals surface area (Å²) in [6.07, 6.45) is 7.58. The number of methoxy groups -OCH3 is 1. The summed E-state index contributed by atoms with van der Waals surface area (Å²) in [6, 6.07) is 5.13. The van der Waals surface area contributed by atoms with Gasteiger partial charge >= 0.3 is 6.01 Å². The molecule has 1 amide bonds. The molecule has 0 N–H and O–H groups in total. The van der Waals surface area contributed by atoms with Crippen molar-refractivity contribution in [2.45, 2.75) is 31.7 Å². The minimum Gasteiger partial charge on any atom is -0.467 e. The van der Waals surface area contributed by atoms with Gasteiger partial charge in [-0.25, -0.2) is 14.4 Å². The number of rotatable bonds is 5. The van der Waals surface area contributed by atoms with Crippen LogP contribution in [0.3, 0.4) is 0 Å². The Morgan fingerprint density at radius 2 is 1.89 bits per heavy atom. The quantitative estimate of drug-likeness (QED) is 0.793. The van der Waals surface area contributed by atoms with Crippen molar-refractivity contribution in [1.82, 2.24) is 19.8 Å². The second-order valence-electron chi connectivity index (χ2n) is 7.46. The molecular formula is C21H25FN4O2. The summed E-state index contributed by atoms with van der Waals surface area (Å²) in [7, 11) is 1.49. The number of hydrogen-bond donors (Lipinski definition) is 0. The van der Waals surface area contributed by atoms with Crippen LogP contribution in [-0.4, -0.2) is 65.0 Å². The number of benzene rings is 1. The van der Waals surface area contributed by atoms with Gasteiger partial charge in [0.2, 0.25) is 0 Å². The molecule has 2 saturated heterocycles. The molecule has 4 rings (SSSR count). The Kier molecular flexibility index (Phi) is 5.52. The van der Waals surface area contributed by atoms with Crippen LogP contribution >= 0.6 is 0 Å². The van der Waals surface area contributed by atoms with Crippen LogP contribution in [0.15, 0.2) is 30.6 Å². The summed E-state index contributed by atoms with van der Waals surface area (Å²) >= 11 is 0. The number of aromatic nitrogens is 2. The molecule has 0 spiro atoms. The summed E-state index contributed by atoms with van der Waals surface area (Å²) in [4.78, 5) is 25.4. The molecule has 0 saturated carbocycles. The van der Waals surface area contributed by atoms with Gasteiger partial charge in [-0.3, -0.25) is 4.79 Å². The van der Waals surface area contributed by atoms with E-state index in [2.05, 4.69) is 14.9 Å². The van der Waals surface area contributed by atoms with Crippen LogP contribution in [0.2, 0.25) is 0 Å². The van der Waals surface area contributed by atoms with E-state index < -0.39 is 5.82 Å². The Balaban J connectivity index is 1.50. The van der Waals surface area contributed by atoms with Gasteiger partial charge in [-0.15, -0.1) is 0 Å². The number of hydrogen-bond acceptors (Lipinski definition) is 5. The molecule has 1 aromatic heterocycles. The molecule has 3 heterocycles. The number of carbonyl (C=O) groups excluding carboxylic acids is 1. The highest BCUT2D eigenvalue weighted by atomic mass is 19.1. The largest absolute Gasteiger partial charge is 0.467 e. The summed E-state index contributed by atoms with van der Waals surface area (Å²) in [5.41, 5.74) is 1.44. The number of ether oxygens (including phenoxy) is 1. The molecule has 2 aromatic rings. The average Bonchev–Trinajstić information content (AvgIpc) is 3.40. The van der Waals surface area contributed by atoms with E-state index in [1.807, 2.05) is 4.90 Å². The summed E-state index contributed by atoms with van der Waals surface area (Å²) in [6.45, 7) is 3.80. The van der Waals surface area contributed by atoms with Crippen molar-refractivity contribution in [3.63, 3.8) is 0 Å². The third-order valence-electron chi connectivity index (χ3n) is 5.65. The standard InChI is InChI=1S/C21H25FN4O2/c1-28-21-23-12-16(13-24-21)15-6-7-18(19(22)11-15)20(27)26-10-4-5-17(26)14-25-8-2-3-9-25/h6-7,11-13,17H,2-5,8-10,14H2,1H3/t17-/m0/s1. The predicted molar refractivity (Wildman–Crippen MR) is 104 cm³/mol. The minimum atomic E-state index is -0.509. The Bertz CT molecular complexity index is 837. The van der Waals surface area contributed by atoms with E-state index in [-0.39, 0.29) is 23.5 Å². The fourth-order valence-electron chi connectivity index (χ4n) is 4.15. The Labute approximate surface area is 164 Å². The molecule has 28 heavy (non-hydrogen) atoms. The molecule has 7 heteroatoms. The first-order chi connectivity index (χ1) is 13.7. The maximum Gasteiger partial charge on any atom is 0.316 e. The topological polar surface area (TPSA) is 58.6 Å². The molecule has 2 fully saturated rings. The van der Waals surface area contributed by atoms with Crippen molar-refractivity contribution in [2.75, 3.05) is 33.3 Å². The number of halogens is 1. The fourth-order valence-corrected chi connectivity index (χ4v) is 4.15. The lowest BCUT2D eigenvalue weighted by Crippen LogP contribution is -2.42. The van der Waals surface area contributed by atoms with Crippen molar-refractivity contribution in [3.05, 3.63) is 42.0 Å². The molecule has 148 valence electrons. The van der Waals surface area contributed by atoms with Crippen molar-refractivity contribution in [3.8, 4) is 17.1 Å². The van der Waals surface area contributed by atoms with Crippen LogP contribution in [0.4, 0.5) is 4.39 Å². The molecule has 2 aliphatic rings. The van der Waals surface area contributed by atoms with Crippen molar-refractivity contribution in [2.24, 2.45) is 0 Å². The third kappa shape index (κ3) is 3.85. The second-order valence-corrected chi connectivity index (χ2v) is 7.46. The van der Waals surface area contributed by atoms with Crippen LogP contribution in [0.25, 0.3) is 11.1 Å². The van der Waals surface area contributed by atoms with E-state index in [1.165, 1.54) is 26.0 Å². The van der Waals surface area contributed by atoms with E-state index in [9.17, 15) is 9.18 Å². The van der Waals surface area contributed by atoms with Crippen LogP contribution in [0.5, 0.6) is 6.01 Å². The smallest absolute Gasteiger partial charge is 0.316 e. The molecule has 0 bridgehead atoms. The Hall–Kier alpha value is -2.54. The van der Waals surface area contributed by atoms with Gasteiger partial charge in [-0.05, 0) is 56.5 Å². The van der Waals surface area contributed by atoms with Gasteiger partial charge in [0.15, 0.2) is 0 Å². The summed E-state index contributed by atoms with van der Waals surface area (Å²) < 4.78 is 19.7. The first-order valence-corrected chi connectivity index (χ1v) is 9.85. The maximum absolute atomic E-state index is 14.8. The van der Waals surface area contributed by atoms with Crippen molar-refractivity contribution >= 4 is 5.91 Å². The van der Waals surface area contributed by atoms with Crippen LogP contribution in [0.1, 0.15) is 36.0 Å². The van der Waals surface area contributed by atoms with Gasteiger partial charge in [0.1, 0.15) is 5.82 Å². The number of carbonyl (C=O) groups is 1. The SMILES string of the molecule is COc1ncc(-c2ccc(C(=O)N3CCC[C@H]3CN3CCCC3)c(F)c2)cn1. The zero-order valence-electron chi connectivity index (χ0n) is 16.1. The fraction of sp³-hybridized carbons (Fsp3) is 0.476. The van der Waals surface area contributed by atoms with E-state index in [1.54, 1.807) is 24.5 Å². The van der Waals surface area contributed by atoms with Crippen molar-refractivity contribution < 1.29 is 13.9 Å². The summed E-state index contributed by atoms with van der Waals surface area (Å²) in [5.74, 6) is -0.720. The highest BCUT2D eigenvalue weighted by molar-refractivity contribution is 5.95. The van der Waals surface area contributed by atoms with Gasteiger partial charge in [0, 0.05) is 37.1 Å². The molecule has 1 aromatic carbocycles. The van der Waals surface area contributed by atoms with Crippen LogP contribution in [-0.2, 0) is 0 Å². The zero-order chi connectivity index (χ0) is 19.5. The van der Waals surface area contributed by atoms with Crippen molar-refractivity contribution in [1.29, 1.82) is 0 Å². The van der Waals surface area contributed by atoms with Gasteiger partial charge in [-0.1, -0.05) is 6.07 Å². The van der Waals surface area contributed by atoms with Gasteiger partial charge in [0.05, 0.1) is 12.7 Å². The Morgan fingerprint density at radius 3 is 2.57 bits per heavy atom. The van der Waals surface area contributed by atoms with E-state index in [0.29, 0.717) is 17.7 Å². The molecule has 0 unspecified atom stereocenters. The lowest BCUT2D eigenvalue weighted by atomic mass is 10.0. The predicted octanol–water partition coefficient (Wildman–Crippen LogP) is 2.99. The highest BCUT2D eigenvalue weighted by Gasteiger charge is 2.32. The number of nitrogens with zero attached hydrogens (tertiary/aromatic N) is 4.